The molecule has 1 saturated heterocycles. The number of carbonyl (C=O) groups excluding carboxylic acids is 1. The Morgan fingerprint density at radius 1 is 1.12 bits per heavy atom. The van der Waals surface area contributed by atoms with Gasteiger partial charge in [0.1, 0.15) is 0 Å². The summed E-state index contributed by atoms with van der Waals surface area (Å²) in [4.78, 5) is 14.4. The first-order valence-electron chi connectivity index (χ1n) is 7.96. The summed E-state index contributed by atoms with van der Waals surface area (Å²) in [5, 5.41) is 2.80. The number of nitrogens with zero attached hydrogens (tertiary/aromatic N) is 1. The molecule has 0 spiro atoms. The van der Waals surface area contributed by atoms with Gasteiger partial charge in [-0.05, 0) is 30.3 Å². The van der Waals surface area contributed by atoms with Gasteiger partial charge in [0.25, 0.3) is 5.91 Å². The molecule has 1 amide bonds. The Morgan fingerprint density at radius 3 is 2.46 bits per heavy atom. The van der Waals surface area contributed by atoms with Crippen molar-refractivity contribution in [2.75, 3.05) is 36.5 Å². The highest BCUT2D eigenvalue weighted by molar-refractivity contribution is 6.34. The molecule has 0 bridgehead atoms. The van der Waals surface area contributed by atoms with Gasteiger partial charge in [0.2, 0.25) is 0 Å². The minimum absolute atomic E-state index is 0.0895. The number of ether oxygens (including phenoxy) is 1. The fourth-order valence-corrected chi connectivity index (χ4v) is 2.95. The number of anilines is 2. The molecule has 0 aliphatic carbocycles. The number of benzene rings is 2. The molecule has 1 fully saturated rings. The van der Waals surface area contributed by atoms with E-state index in [2.05, 4.69) is 5.32 Å². The maximum absolute atomic E-state index is 13.1. The lowest BCUT2D eigenvalue weighted by molar-refractivity contribution is -0.137. The Kier molecular flexibility index (Phi) is 5.38. The number of halogens is 4. The molecular formula is C18H16ClF3N2O2. The van der Waals surface area contributed by atoms with E-state index >= 15 is 0 Å². The zero-order chi connectivity index (χ0) is 18.7. The Morgan fingerprint density at radius 2 is 1.81 bits per heavy atom. The molecule has 3 rings (SSSR count). The van der Waals surface area contributed by atoms with Crippen LogP contribution in [0.5, 0.6) is 0 Å². The molecule has 0 atom stereocenters. The third kappa shape index (κ3) is 4.11. The number of hydrogen-bond acceptors (Lipinski definition) is 3. The first-order chi connectivity index (χ1) is 12.4. The molecule has 26 heavy (non-hydrogen) atoms. The first-order valence-corrected chi connectivity index (χ1v) is 8.34. The molecule has 0 saturated carbocycles. The van der Waals surface area contributed by atoms with E-state index in [1.54, 1.807) is 18.2 Å². The van der Waals surface area contributed by atoms with Crippen LogP contribution >= 0.6 is 11.6 Å². The van der Waals surface area contributed by atoms with E-state index in [0.29, 0.717) is 32.0 Å². The van der Waals surface area contributed by atoms with Gasteiger partial charge >= 0.3 is 6.18 Å². The third-order valence-electron chi connectivity index (χ3n) is 4.04. The quantitative estimate of drug-likeness (QED) is 0.850. The summed E-state index contributed by atoms with van der Waals surface area (Å²) in [5.74, 6) is -0.565. The van der Waals surface area contributed by atoms with Crippen molar-refractivity contribution < 1.29 is 22.7 Å². The molecule has 0 radical (unpaired) electrons. The van der Waals surface area contributed by atoms with E-state index in [9.17, 15) is 18.0 Å². The fraction of sp³-hybridized carbons (Fsp3) is 0.278. The van der Waals surface area contributed by atoms with Crippen molar-refractivity contribution in [2.24, 2.45) is 0 Å². The SMILES string of the molecule is O=C(Nc1cc(C(F)(F)F)ccc1N1CCOCC1)c1ccccc1Cl. The van der Waals surface area contributed by atoms with Crippen LogP contribution in [0.25, 0.3) is 0 Å². The van der Waals surface area contributed by atoms with Gasteiger partial charge in [0.15, 0.2) is 0 Å². The lowest BCUT2D eigenvalue weighted by Crippen LogP contribution is -2.36. The van der Waals surface area contributed by atoms with Crippen molar-refractivity contribution in [1.29, 1.82) is 0 Å². The third-order valence-corrected chi connectivity index (χ3v) is 4.37. The largest absolute Gasteiger partial charge is 0.416 e. The molecule has 1 aliphatic heterocycles. The van der Waals surface area contributed by atoms with Gasteiger partial charge in [0, 0.05) is 13.1 Å². The second kappa shape index (κ2) is 7.55. The number of alkyl halides is 3. The molecule has 2 aromatic rings. The maximum atomic E-state index is 13.1. The topological polar surface area (TPSA) is 41.6 Å². The molecule has 1 N–H and O–H groups in total. The summed E-state index contributed by atoms with van der Waals surface area (Å²) >= 11 is 6.01. The number of amides is 1. The number of nitrogens with one attached hydrogen (secondary N) is 1. The highest BCUT2D eigenvalue weighted by Gasteiger charge is 2.32. The summed E-state index contributed by atoms with van der Waals surface area (Å²) in [5.41, 5.74) is -0.0307. The average molecular weight is 385 g/mol. The Labute approximate surface area is 153 Å². The zero-order valence-electron chi connectivity index (χ0n) is 13.6. The summed E-state index contributed by atoms with van der Waals surface area (Å²) in [6.07, 6.45) is -4.51. The van der Waals surface area contributed by atoms with E-state index in [1.165, 1.54) is 12.1 Å². The van der Waals surface area contributed by atoms with Crippen molar-refractivity contribution in [1.82, 2.24) is 0 Å². The first kappa shape index (κ1) is 18.5. The highest BCUT2D eigenvalue weighted by Crippen LogP contribution is 2.36. The normalized spacial score (nSPS) is 15.0. The monoisotopic (exact) mass is 384 g/mol. The zero-order valence-corrected chi connectivity index (χ0v) is 14.4. The smallest absolute Gasteiger partial charge is 0.378 e. The molecule has 4 nitrogen and oxygen atoms in total. The molecule has 8 heteroatoms. The number of carbonyl (C=O) groups is 1. The number of morpholine rings is 1. The molecule has 1 heterocycles. The minimum Gasteiger partial charge on any atom is -0.378 e. The molecule has 2 aromatic carbocycles. The van der Waals surface area contributed by atoms with Crippen LogP contribution in [0, 0.1) is 0 Å². The predicted octanol–water partition coefficient (Wildman–Crippen LogP) is 4.45. The van der Waals surface area contributed by atoms with Crippen LogP contribution in [-0.2, 0) is 10.9 Å². The van der Waals surface area contributed by atoms with Crippen LogP contribution in [0.3, 0.4) is 0 Å². The molecule has 0 aromatic heterocycles. The summed E-state index contributed by atoms with van der Waals surface area (Å²) in [6.45, 7) is 2.00. The van der Waals surface area contributed by atoms with E-state index < -0.39 is 17.6 Å². The Balaban J connectivity index is 1.96. The van der Waals surface area contributed by atoms with Crippen LogP contribution in [0.1, 0.15) is 15.9 Å². The van der Waals surface area contributed by atoms with Gasteiger partial charge in [-0.2, -0.15) is 13.2 Å². The Bertz CT molecular complexity index is 805. The van der Waals surface area contributed by atoms with Crippen molar-refractivity contribution in [3.05, 3.63) is 58.6 Å². The number of hydrogen-bond donors (Lipinski definition) is 1. The highest BCUT2D eigenvalue weighted by atomic mass is 35.5. The Hall–Kier alpha value is -2.25. The second-order valence-corrected chi connectivity index (χ2v) is 6.17. The van der Waals surface area contributed by atoms with Crippen molar-refractivity contribution in [3.8, 4) is 0 Å². The maximum Gasteiger partial charge on any atom is 0.416 e. The lowest BCUT2D eigenvalue weighted by atomic mass is 10.1. The van der Waals surface area contributed by atoms with Crippen LogP contribution in [0.4, 0.5) is 24.5 Å². The van der Waals surface area contributed by atoms with Crippen molar-refractivity contribution in [2.45, 2.75) is 6.18 Å². The van der Waals surface area contributed by atoms with E-state index in [1.807, 2.05) is 4.90 Å². The van der Waals surface area contributed by atoms with Crippen LogP contribution in [0.2, 0.25) is 5.02 Å². The number of rotatable bonds is 3. The molecule has 1 aliphatic rings. The molecular weight excluding hydrogens is 369 g/mol. The van der Waals surface area contributed by atoms with E-state index in [4.69, 9.17) is 16.3 Å². The van der Waals surface area contributed by atoms with Gasteiger partial charge in [-0.25, -0.2) is 0 Å². The van der Waals surface area contributed by atoms with Crippen LogP contribution in [-0.4, -0.2) is 32.2 Å². The van der Waals surface area contributed by atoms with Gasteiger partial charge in [-0.1, -0.05) is 23.7 Å². The summed E-state index contributed by atoms with van der Waals surface area (Å²) in [6, 6.07) is 9.69. The lowest BCUT2D eigenvalue weighted by Gasteiger charge is -2.31. The predicted molar refractivity (Wildman–Crippen MR) is 93.9 cm³/mol. The van der Waals surface area contributed by atoms with Gasteiger partial charge < -0.3 is 15.0 Å². The van der Waals surface area contributed by atoms with Gasteiger partial charge in [-0.15, -0.1) is 0 Å². The van der Waals surface area contributed by atoms with Gasteiger partial charge in [-0.3, -0.25) is 4.79 Å². The van der Waals surface area contributed by atoms with Crippen LogP contribution < -0.4 is 10.2 Å². The summed E-state index contributed by atoms with van der Waals surface area (Å²) in [7, 11) is 0. The fourth-order valence-electron chi connectivity index (χ4n) is 2.73. The van der Waals surface area contributed by atoms with E-state index in [0.717, 1.165) is 12.1 Å². The van der Waals surface area contributed by atoms with E-state index in [-0.39, 0.29) is 16.3 Å². The van der Waals surface area contributed by atoms with Gasteiger partial charge in [0.05, 0.1) is 40.7 Å². The standard InChI is InChI=1S/C18H16ClF3N2O2/c19-14-4-2-1-3-13(14)17(25)23-15-11-12(18(20,21)22)5-6-16(15)24-7-9-26-10-8-24/h1-6,11H,7-10H2,(H,23,25). The average Bonchev–Trinajstić information content (AvgIpc) is 2.62. The van der Waals surface area contributed by atoms with Crippen molar-refractivity contribution in [3.63, 3.8) is 0 Å². The minimum atomic E-state index is -4.51. The summed E-state index contributed by atoms with van der Waals surface area (Å²) < 4.78 is 44.6. The molecule has 0 unspecified atom stereocenters. The van der Waals surface area contributed by atoms with Crippen LogP contribution in [0.15, 0.2) is 42.5 Å². The second-order valence-electron chi connectivity index (χ2n) is 5.76. The van der Waals surface area contributed by atoms with Crippen molar-refractivity contribution >= 4 is 28.9 Å². The molecule has 138 valence electrons.